The van der Waals surface area contributed by atoms with Gasteiger partial charge in [0.1, 0.15) is 0 Å². The van der Waals surface area contributed by atoms with E-state index in [0.29, 0.717) is 25.9 Å². The average molecular weight is 661 g/mol. The lowest BCUT2D eigenvalue weighted by molar-refractivity contribution is 0.256. The van der Waals surface area contributed by atoms with E-state index >= 15 is 0 Å². The minimum atomic E-state index is -3.96. The molecule has 0 aliphatic carbocycles. The molecule has 0 aromatic heterocycles. The van der Waals surface area contributed by atoms with Crippen molar-refractivity contribution in [2.75, 3.05) is 37.7 Å². The van der Waals surface area contributed by atoms with E-state index in [2.05, 4.69) is 47.9 Å². The van der Waals surface area contributed by atoms with Crippen LogP contribution in [0, 0.1) is 0 Å². The average Bonchev–Trinajstić information content (AvgIpc) is 2.95. The van der Waals surface area contributed by atoms with Crippen LogP contribution in [0.2, 0.25) is 0 Å². The van der Waals surface area contributed by atoms with Crippen molar-refractivity contribution in [3.05, 3.63) is 35.4 Å². The van der Waals surface area contributed by atoms with Gasteiger partial charge in [0.2, 0.25) is 0 Å². The Labute approximate surface area is 270 Å². The second kappa shape index (κ2) is 25.1. The Balaban J connectivity index is 2.65. The Morgan fingerprint density at radius 2 is 0.727 bits per heavy atom. The molecule has 0 heterocycles. The van der Waals surface area contributed by atoms with Crippen molar-refractivity contribution < 1.29 is 25.9 Å². The van der Waals surface area contributed by atoms with E-state index in [1.165, 1.54) is 101 Å². The first kappa shape index (κ1) is 41.0. The first-order valence-corrected chi connectivity index (χ1v) is 20.7. The molecule has 0 atom stereocenters. The summed E-state index contributed by atoms with van der Waals surface area (Å²) in [4.78, 5) is 4.59. The van der Waals surface area contributed by atoms with Gasteiger partial charge in [-0.2, -0.15) is 16.8 Å². The van der Waals surface area contributed by atoms with Crippen molar-refractivity contribution >= 4 is 20.2 Å². The van der Waals surface area contributed by atoms with E-state index in [9.17, 15) is 25.9 Å². The highest BCUT2D eigenvalue weighted by Crippen LogP contribution is 2.15. The molecule has 10 heteroatoms. The number of hydrogen-bond acceptors (Lipinski definition) is 6. The van der Waals surface area contributed by atoms with Crippen LogP contribution < -0.4 is 0 Å². The van der Waals surface area contributed by atoms with Crippen LogP contribution in [0.3, 0.4) is 0 Å². The third-order valence-corrected chi connectivity index (χ3v) is 9.85. The quantitative estimate of drug-likeness (QED) is 0.0628. The van der Waals surface area contributed by atoms with Crippen LogP contribution in [0.5, 0.6) is 0 Å². The maximum atomic E-state index is 11.3. The summed E-state index contributed by atoms with van der Waals surface area (Å²) in [5.74, 6) is -0.432. The van der Waals surface area contributed by atoms with Crippen molar-refractivity contribution in [2.24, 2.45) is 0 Å². The first-order chi connectivity index (χ1) is 21.0. The van der Waals surface area contributed by atoms with Gasteiger partial charge in [-0.25, -0.2) is 0 Å². The highest BCUT2D eigenvalue weighted by molar-refractivity contribution is 7.86. The summed E-state index contributed by atoms with van der Waals surface area (Å²) < 4.78 is 63.4. The van der Waals surface area contributed by atoms with E-state index < -0.39 is 20.2 Å². The molecule has 1 aromatic rings. The summed E-state index contributed by atoms with van der Waals surface area (Å²) in [5.41, 5.74) is 2.34. The molecule has 0 unspecified atom stereocenters. The first-order valence-electron chi connectivity index (χ1n) is 17.4. The smallest absolute Gasteiger partial charge is 0.264 e. The van der Waals surface area contributed by atoms with Crippen molar-refractivity contribution in [3.63, 3.8) is 0 Å². The fourth-order valence-electron chi connectivity index (χ4n) is 5.69. The molecular formula is C34H64N2O6S2. The lowest BCUT2D eigenvalue weighted by Gasteiger charge is -2.24. The van der Waals surface area contributed by atoms with Gasteiger partial charge in [-0.15, -0.1) is 0 Å². The fraction of sp³-hybridized carbons (Fsp3) is 0.824. The number of hydrogen-bond donors (Lipinski definition) is 2. The number of benzene rings is 1. The molecule has 0 fully saturated rings. The summed E-state index contributed by atoms with van der Waals surface area (Å²) >= 11 is 0. The minimum absolute atomic E-state index is 0.216. The molecule has 1 rings (SSSR count). The second-order valence-electron chi connectivity index (χ2n) is 12.6. The Morgan fingerprint density at radius 1 is 0.455 bits per heavy atom. The van der Waals surface area contributed by atoms with Crippen molar-refractivity contribution in [2.45, 2.75) is 143 Å². The summed E-state index contributed by atoms with van der Waals surface area (Å²) in [6, 6.07) is 8.52. The highest BCUT2D eigenvalue weighted by Gasteiger charge is 2.12. The zero-order chi connectivity index (χ0) is 32.5. The van der Waals surface area contributed by atoms with Gasteiger partial charge in [0.25, 0.3) is 20.2 Å². The fourth-order valence-corrected chi connectivity index (χ4v) is 6.67. The van der Waals surface area contributed by atoms with E-state index in [0.717, 1.165) is 39.0 Å². The topological polar surface area (TPSA) is 115 Å². The van der Waals surface area contributed by atoms with Crippen LogP contribution in [0.15, 0.2) is 24.3 Å². The van der Waals surface area contributed by atoms with Crippen LogP contribution >= 0.6 is 0 Å². The van der Waals surface area contributed by atoms with Crippen molar-refractivity contribution in [1.82, 2.24) is 9.80 Å². The summed E-state index contributed by atoms with van der Waals surface area (Å²) in [6.07, 6.45) is 20.7. The predicted molar refractivity (Wildman–Crippen MR) is 184 cm³/mol. The van der Waals surface area contributed by atoms with Gasteiger partial charge in [0.05, 0.1) is 11.5 Å². The maximum Gasteiger partial charge on any atom is 0.264 e. The molecule has 0 aliphatic heterocycles. The monoisotopic (exact) mass is 660 g/mol. The molecular weight excluding hydrogens is 597 g/mol. The second-order valence-corrected chi connectivity index (χ2v) is 15.7. The van der Waals surface area contributed by atoms with Crippen LogP contribution in [-0.4, -0.2) is 73.4 Å². The van der Waals surface area contributed by atoms with Crippen molar-refractivity contribution in [1.29, 1.82) is 0 Å². The Hall–Kier alpha value is -1.04. The van der Waals surface area contributed by atoms with Crippen LogP contribution in [0.4, 0.5) is 0 Å². The molecule has 2 N–H and O–H groups in total. The Bertz CT molecular complexity index is 949. The molecule has 0 aliphatic rings. The Kier molecular flexibility index (Phi) is 23.4. The normalized spacial score (nSPS) is 12.5. The predicted octanol–water partition coefficient (Wildman–Crippen LogP) is 8.13. The zero-order valence-electron chi connectivity index (χ0n) is 27.9. The van der Waals surface area contributed by atoms with Crippen LogP contribution in [0.25, 0.3) is 0 Å². The maximum absolute atomic E-state index is 11.3. The molecule has 0 saturated heterocycles. The van der Waals surface area contributed by atoms with E-state index in [1.807, 2.05) is 0 Å². The van der Waals surface area contributed by atoms with Crippen molar-refractivity contribution in [3.8, 4) is 0 Å². The van der Waals surface area contributed by atoms with Gasteiger partial charge in [0.15, 0.2) is 0 Å². The number of nitrogens with zero attached hydrogens (tertiary/aromatic N) is 2. The summed E-state index contributed by atoms with van der Waals surface area (Å²) in [5, 5.41) is 0. The van der Waals surface area contributed by atoms with Gasteiger partial charge in [-0.05, 0) is 63.0 Å². The minimum Gasteiger partial charge on any atom is -0.299 e. The molecule has 0 radical (unpaired) electrons. The molecule has 0 spiro atoms. The third-order valence-electron chi connectivity index (χ3n) is 8.24. The lowest BCUT2D eigenvalue weighted by atomic mass is 10.1. The molecule has 44 heavy (non-hydrogen) atoms. The van der Waals surface area contributed by atoms with Gasteiger partial charge in [0, 0.05) is 13.1 Å². The van der Waals surface area contributed by atoms with E-state index in [1.54, 1.807) is 0 Å². The standard InChI is InChI=1S/C34H64N2O6S2/c1-3-5-7-9-11-13-15-17-25-35(27-19-29-43(37,38)39)31-33-21-23-34(24-22-33)32-36(28-20-30-44(40,41)42)26-18-16-14-12-10-8-6-4-2/h21-24H,3-20,25-32H2,1-2H3,(H,37,38,39)(H,40,41,42). The van der Waals surface area contributed by atoms with Gasteiger partial charge in [-0.3, -0.25) is 18.9 Å². The Morgan fingerprint density at radius 3 is 1.02 bits per heavy atom. The molecule has 0 saturated carbocycles. The van der Waals surface area contributed by atoms with E-state index in [4.69, 9.17) is 0 Å². The molecule has 1 aromatic carbocycles. The number of unbranched alkanes of at least 4 members (excludes halogenated alkanes) is 14. The van der Waals surface area contributed by atoms with Gasteiger partial charge < -0.3 is 0 Å². The summed E-state index contributed by atoms with van der Waals surface area (Å²) in [7, 11) is -7.92. The molecule has 0 bridgehead atoms. The highest BCUT2D eigenvalue weighted by atomic mass is 32.2. The van der Waals surface area contributed by atoms with Crippen LogP contribution in [0.1, 0.15) is 141 Å². The molecule has 258 valence electrons. The molecule has 0 amide bonds. The van der Waals surface area contributed by atoms with E-state index in [-0.39, 0.29) is 11.5 Å². The van der Waals surface area contributed by atoms with Gasteiger partial charge >= 0.3 is 0 Å². The largest absolute Gasteiger partial charge is 0.299 e. The van der Waals surface area contributed by atoms with Crippen LogP contribution in [-0.2, 0) is 33.3 Å². The SMILES string of the molecule is CCCCCCCCCCN(CCCS(=O)(=O)O)Cc1ccc(CN(CCCCCCCCCC)CCCS(=O)(=O)O)cc1. The van der Waals surface area contributed by atoms with Gasteiger partial charge in [-0.1, -0.05) is 128 Å². The number of rotatable bonds is 30. The summed E-state index contributed by atoms with van der Waals surface area (Å²) in [6.45, 7) is 8.99. The lowest BCUT2D eigenvalue weighted by Crippen LogP contribution is -2.28. The molecule has 8 nitrogen and oxygen atoms in total. The third kappa shape index (κ3) is 25.2. The zero-order valence-corrected chi connectivity index (χ0v) is 29.6.